The molecular formula is C16H13FN2O2. The summed E-state index contributed by atoms with van der Waals surface area (Å²) in [6, 6.07) is 7.44. The van der Waals surface area contributed by atoms with Crippen molar-refractivity contribution in [3.05, 3.63) is 59.7 Å². The first kappa shape index (κ1) is 14.7. The normalized spacial score (nSPS) is 9.62. The number of carbonyl (C=O) groups excluding carboxylic acids is 1. The van der Waals surface area contributed by atoms with E-state index in [0.717, 1.165) is 0 Å². The largest absolute Gasteiger partial charge is 0.395 e. The minimum absolute atomic E-state index is 0.0516. The van der Waals surface area contributed by atoms with Gasteiger partial charge in [-0.2, -0.15) is 0 Å². The van der Waals surface area contributed by atoms with Crippen molar-refractivity contribution in [3.63, 3.8) is 0 Å². The molecule has 0 saturated heterocycles. The first-order valence-electron chi connectivity index (χ1n) is 6.32. The molecule has 21 heavy (non-hydrogen) atoms. The summed E-state index contributed by atoms with van der Waals surface area (Å²) in [5, 5.41) is 11.2. The van der Waals surface area contributed by atoms with Crippen molar-refractivity contribution in [2.45, 2.75) is 6.42 Å². The van der Waals surface area contributed by atoms with Crippen LogP contribution in [0.3, 0.4) is 0 Å². The number of aliphatic hydroxyl groups excluding tert-OH is 1. The van der Waals surface area contributed by atoms with Crippen LogP contribution in [0.25, 0.3) is 0 Å². The number of nitrogens with zero attached hydrogens (tertiary/aromatic N) is 1. The molecule has 1 aromatic carbocycles. The molecule has 0 bridgehead atoms. The molecule has 1 amide bonds. The van der Waals surface area contributed by atoms with Gasteiger partial charge in [-0.25, -0.2) is 4.39 Å². The third-order valence-electron chi connectivity index (χ3n) is 2.65. The highest BCUT2D eigenvalue weighted by Gasteiger charge is 2.12. The number of aliphatic hydroxyl groups is 1. The van der Waals surface area contributed by atoms with Crippen molar-refractivity contribution >= 4 is 11.6 Å². The maximum Gasteiger partial charge on any atom is 0.257 e. The molecule has 0 aliphatic heterocycles. The van der Waals surface area contributed by atoms with Gasteiger partial charge in [-0.15, -0.1) is 0 Å². The molecule has 2 rings (SSSR count). The predicted octanol–water partition coefficient (Wildman–Crippen LogP) is 2.21. The van der Waals surface area contributed by atoms with E-state index in [0.29, 0.717) is 17.5 Å². The lowest BCUT2D eigenvalue weighted by molar-refractivity contribution is 0.102. The van der Waals surface area contributed by atoms with Gasteiger partial charge in [0, 0.05) is 18.8 Å². The van der Waals surface area contributed by atoms with Crippen molar-refractivity contribution < 1.29 is 14.3 Å². The third kappa shape index (κ3) is 3.88. The first-order valence-corrected chi connectivity index (χ1v) is 6.32. The molecule has 4 nitrogen and oxygen atoms in total. The Balaban J connectivity index is 2.24. The minimum atomic E-state index is -0.507. The number of halogens is 1. The minimum Gasteiger partial charge on any atom is -0.395 e. The third-order valence-corrected chi connectivity index (χ3v) is 2.65. The average molecular weight is 284 g/mol. The topological polar surface area (TPSA) is 62.2 Å². The smallest absolute Gasteiger partial charge is 0.257 e. The Labute approximate surface area is 121 Å². The van der Waals surface area contributed by atoms with Gasteiger partial charge in [0.1, 0.15) is 5.82 Å². The molecular weight excluding hydrogens is 271 g/mol. The highest BCUT2D eigenvalue weighted by Crippen LogP contribution is 2.15. The van der Waals surface area contributed by atoms with E-state index in [-0.39, 0.29) is 12.3 Å². The van der Waals surface area contributed by atoms with E-state index in [1.807, 2.05) is 0 Å². The van der Waals surface area contributed by atoms with Gasteiger partial charge >= 0.3 is 0 Å². The maximum absolute atomic E-state index is 13.5. The van der Waals surface area contributed by atoms with Gasteiger partial charge in [-0.05, 0) is 18.2 Å². The highest BCUT2D eigenvalue weighted by molar-refractivity contribution is 6.05. The SMILES string of the molecule is O=C(Nc1ccccc1F)c1ccncc1C#CCCO. The lowest BCUT2D eigenvalue weighted by Gasteiger charge is -2.07. The van der Waals surface area contributed by atoms with Gasteiger partial charge < -0.3 is 10.4 Å². The molecule has 0 aliphatic rings. The van der Waals surface area contributed by atoms with E-state index in [4.69, 9.17) is 5.11 Å². The highest BCUT2D eigenvalue weighted by atomic mass is 19.1. The Morgan fingerprint density at radius 1 is 1.33 bits per heavy atom. The molecule has 106 valence electrons. The van der Waals surface area contributed by atoms with Crippen molar-refractivity contribution in [1.82, 2.24) is 4.98 Å². The Kier molecular flexibility index (Phi) is 5.02. The molecule has 2 N–H and O–H groups in total. The van der Waals surface area contributed by atoms with E-state index in [2.05, 4.69) is 22.1 Å². The van der Waals surface area contributed by atoms with Gasteiger partial charge in [0.25, 0.3) is 5.91 Å². The molecule has 0 atom stereocenters. The van der Waals surface area contributed by atoms with E-state index >= 15 is 0 Å². The molecule has 0 fully saturated rings. The van der Waals surface area contributed by atoms with Crippen LogP contribution in [0.4, 0.5) is 10.1 Å². The average Bonchev–Trinajstić information content (AvgIpc) is 2.50. The van der Waals surface area contributed by atoms with E-state index in [9.17, 15) is 9.18 Å². The summed E-state index contributed by atoms with van der Waals surface area (Å²) in [6.07, 6.45) is 3.23. The number of benzene rings is 1. The number of nitrogens with one attached hydrogen (secondary N) is 1. The first-order chi connectivity index (χ1) is 10.2. The number of aromatic nitrogens is 1. The van der Waals surface area contributed by atoms with Crippen molar-refractivity contribution in [2.24, 2.45) is 0 Å². The van der Waals surface area contributed by atoms with E-state index < -0.39 is 11.7 Å². The second-order valence-electron chi connectivity index (χ2n) is 4.13. The monoisotopic (exact) mass is 284 g/mol. The Hall–Kier alpha value is -2.71. The van der Waals surface area contributed by atoms with Crippen LogP contribution in [0.15, 0.2) is 42.7 Å². The molecule has 0 saturated carbocycles. The summed E-state index contributed by atoms with van der Waals surface area (Å²) in [5.74, 6) is 4.53. The van der Waals surface area contributed by atoms with Gasteiger partial charge in [-0.3, -0.25) is 9.78 Å². The molecule has 5 heteroatoms. The van der Waals surface area contributed by atoms with Crippen LogP contribution in [-0.2, 0) is 0 Å². The standard InChI is InChI=1S/C16H13FN2O2/c17-14-6-1-2-7-15(14)19-16(21)13-8-9-18-11-12(13)5-3-4-10-20/h1-2,6-9,11,20H,4,10H2,(H,19,21). The lowest BCUT2D eigenvalue weighted by Crippen LogP contribution is -2.14. The van der Waals surface area contributed by atoms with Gasteiger partial charge in [0.15, 0.2) is 0 Å². The van der Waals surface area contributed by atoms with E-state index in [1.165, 1.54) is 30.6 Å². The molecule has 0 unspecified atom stereocenters. The number of pyridine rings is 1. The Bertz CT molecular complexity index is 705. The Morgan fingerprint density at radius 2 is 2.14 bits per heavy atom. The molecule has 1 heterocycles. The zero-order valence-corrected chi connectivity index (χ0v) is 11.1. The number of amides is 1. The number of hydrogen-bond acceptors (Lipinski definition) is 3. The van der Waals surface area contributed by atoms with Crippen LogP contribution in [0, 0.1) is 17.7 Å². The summed E-state index contributed by atoms with van der Waals surface area (Å²) < 4.78 is 13.5. The van der Waals surface area contributed by atoms with Gasteiger partial charge in [-0.1, -0.05) is 24.0 Å². The predicted molar refractivity (Wildman–Crippen MR) is 77.2 cm³/mol. The van der Waals surface area contributed by atoms with Gasteiger partial charge in [0.2, 0.25) is 0 Å². The summed E-state index contributed by atoms with van der Waals surface area (Å²) >= 11 is 0. The fourth-order valence-electron chi connectivity index (χ4n) is 1.66. The molecule has 0 aliphatic carbocycles. The van der Waals surface area contributed by atoms with Crippen molar-refractivity contribution in [3.8, 4) is 11.8 Å². The second-order valence-corrected chi connectivity index (χ2v) is 4.13. The summed E-state index contributed by atoms with van der Waals surface area (Å²) in [7, 11) is 0. The van der Waals surface area contributed by atoms with Crippen LogP contribution < -0.4 is 5.32 Å². The molecule has 2 aromatic rings. The van der Waals surface area contributed by atoms with Crippen LogP contribution in [0.1, 0.15) is 22.3 Å². The summed E-state index contributed by atoms with van der Waals surface area (Å²) in [4.78, 5) is 16.1. The van der Waals surface area contributed by atoms with Crippen LogP contribution >= 0.6 is 0 Å². The number of anilines is 1. The van der Waals surface area contributed by atoms with Crippen LogP contribution in [0.5, 0.6) is 0 Å². The van der Waals surface area contributed by atoms with Crippen molar-refractivity contribution in [1.29, 1.82) is 0 Å². The summed E-state index contributed by atoms with van der Waals surface area (Å²) in [5.41, 5.74) is 0.840. The number of para-hydroxylation sites is 1. The van der Waals surface area contributed by atoms with Crippen LogP contribution in [0.2, 0.25) is 0 Å². The summed E-state index contributed by atoms with van der Waals surface area (Å²) in [6.45, 7) is -0.0516. The molecule has 1 aromatic heterocycles. The number of hydrogen-bond donors (Lipinski definition) is 2. The van der Waals surface area contributed by atoms with Crippen LogP contribution in [-0.4, -0.2) is 22.6 Å². The quantitative estimate of drug-likeness (QED) is 0.849. The molecule has 0 radical (unpaired) electrons. The van der Waals surface area contributed by atoms with E-state index in [1.54, 1.807) is 12.1 Å². The van der Waals surface area contributed by atoms with Crippen molar-refractivity contribution in [2.75, 3.05) is 11.9 Å². The zero-order valence-electron chi connectivity index (χ0n) is 11.1. The fourth-order valence-corrected chi connectivity index (χ4v) is 1.66. The number of carbonyl (C=O) groups is 1. The van der Waals surface area contributed by atoms with Gasteiger partial charge in [0.05, 0.1) is 23.4 Å². The Morgan fingerprint density at radius 3 is 2.90 bits per heavy atom. The number of rotatable bonds is 3. The maximum atomic E-state index is 13.5. The lowest BCUT2D eigenvalue weighted by atomic mass is 10.1. The zero-order chi connectivity index (χ0) is 15.1. The molecule has 0 spiro atoms. The fraction of sp³-hybridized carbons (Fsp3) is 0.125. The second kappa shape index (κ2) is 7.17.